The molecule has 1 aromatic carbocycles. The number of benzene rings is 1. The van der Waals surface area contributed by atoms with Gasteiger partial charge in [0.1, 0.15) is 0 Å². The Hall–Kier alpha value is -0.552. The van der Waals surface area contributed by atoms with Crippen LogP contribution in [0, 0.1) is 3.80 Å². The van der Waals surface area contributed by atoms with E-state index in [1.807, 2.05) is 28.6 Å². The summed E-state index contributed by atoms with van der Waals surface area (Å²) in [6.45, 7) is 0.567. The molecule has 2 aromatic rings. The van der Waals surface area contributed by atoms with Crippen molar-refractivity contribution in [3.8, 4) is 0 Å². The molecular formula is C18H22Cl2F3N3Pt. The minimum atomic E-state index is -4.27. The first kappa shape index (κ1) is 22.7. The Kier molecular flexibility index (Phi) is 8.66. The predicted octanol–water partition coefficient (Wildman–Crippen LogP) is 5.90. The summed E-state index contributed by atoms with van der Waals surface area (Å²) in [5.41, 5.74) is 0.233. The molecule has 0 N–H and O–H groups in total. The molecule has 0 spiro atoms. The van der Waals surface area contributed by atoms with Crippen molar-refractivity contribution >= 4 is 23.6 Å². The molecule has 1 saturated carbocycles. The van der Waals surface area contributed by atoms with Gasteiger partial charge in [0.15, 0.2) is 0 Å². The van der Waals surface area contributed by atoms with E-state index in [0.29, 0.717) is 12.6 Å². The van der Waals surface area contributed by atoms with Crippen molar-refractivity contribution in [3.05, 3.63) is 51.6 Å². The van der Waals surface area contributed by atoms with Crippen molar-refractivity contribution in [2.24, 2.45) is 7.05 Å². The molecule has 9 heteroatoms. The molecular weight excluding hydrogens is 581 g/mol. The van der Waals surface area contributed by atoms with Gasteiger partial charge in [-0.2, -0.15) is 0 Å². The number of aromatic nitrogens is 2. The number of nitrogens with zero attached hydrogens (tertiary/aromatic N) is 3. The molecule has 3 rings (SSSR count). The zero-order chi connectivity index (χ0) is 20.0. The monoisotopic (exact) mass is 602 g/mol. The second-order valence-electron chi connectivity index (χ2n) is 6.52. The molecule has 1 fully saturated rings. The van der Waals surface area contributed by atoms with Crippen LogP contribution in [0.15, 0.2) is 36.7 Å². The van der Waals surface area contributed by atoms with Gasteiger partial charge in [-0.25, -0.2) is 0 Å². The van der Waals surface area contributed by atoms with E-state index in [1.54, 1.807) is 0 Å². The summed E-state index contributed by atoms with van der Waals surface area (Å²) >= 11 is 13.3. The molecule has 1 aromatic heterocycles. The third kappa shape index (κ3) is 7.08. The van der Waals surface area contributed by atoms with Crippen LogP contribution >= 0.6 is 23.6 Å². The van der Waals surface area contributed by atoms with Crippen LogP contribution in [0.2, 0.25) is 0 Å². The van der Waals surface area contributed by atoms with Crippen LogP contribution in [-0.2, 0) is 39.1 Å². The van der Waals surface area contributed by atoms with E-state index in [1.165, 1.54) is 35.3 Å². The van der Waals surface area contributed by atoms with E-state index in [0.717, 1.165) is 34.3 Å². The van der Waals surface area contributed by atoms with E-state index in [-0.39, 0.29) is 0 Å². The zero-order valence-corrected chi connectivity index (χ0v) is 18.6. The number of imidazole rings is 1. The first-order valence-electron chi connectivity index (χ1n) is 8.62. The van der Waals surface area contributed by atoms with Gasteiger partial charge in [0.05, 0.1) is 0 Å². The van der Waals surface area contributed by atoms with Gasteiger partial charge >= 0.3 is 113 Å². The van der Waals surface area contributed by atoms with Gasteiger partial charge in [-0.1, -0.05) is 19.3 Å². The number of hydrogen-bond donors (Lipinski definition) is 0. The van der Waals surface area contributed by atoms with Crippen LogP contribution in [0.25, 0.3) is 0 Å². The quantitative estimate of drug-likeness (QED) is 0.399. The van der Waals surface area contributed by atoms with E-state index in [2.05, 4.69) is 19.4 Å². The Bertz CT molecular complexity index is 763. The molecule has 1 heterocycles. The van der Waals surface area contributed by atoms with Crippen molar-refractivity contribution in [2.75, 3.05) is 0 Å². The van der Waals surface area contributed by atoms with Gasteiger partial charge in [0.2, 0.25) is 0 Å². The molecule has 27 heavy (non-hydrogen) atoms. The maximum atomic E-state index is 12.4. The summed E-state index contributed by atoms with van der Waals surface area (Å²) in [6.07, 6.45) is 5.76. The SMILES string of the molecule is ClN(Cl)C1CCCCC1.Cn1ccn(Cc2ccc(C(F)(F)F)cc2)[c]1=[Pt]. The third-order valence-electron chi connectivity index (χ3n) is 4.44. The zero-order valence-electron chi connectivity index (χ0n) is 14.8. The Morgan fingerprint density at radius 2 is 1.67 bits per heavy atom. The number of halogens is 5. The molecule has 0 radical (unpaired) electrons. The van der Waals surface area contributed by atoms with Crippen molar-refractivity contribution in [1.82, 2.24) is 13.1 Å². The van der Waals surface area contributed by atoms with E-state index in [4.69, 9.17) is 23.6 Å². The maximum absolute atomic E-state index is 12.4. The summed E-state index contributed by atoms with van der Waals surface area (Å²) in [4.78, 5) is 0. The van der Waals surface area contributed by atoms with Crippen LogP contribution < -0.4 is 0 Å². The van der Waals surface area contributed by atoms with Gasteiger partial charge < -0.3 is 0 Å². The van der Waals surface area contributed by atoms with Crippen LogP contribution in [0.1, 0.15) is 43.2 Å². The normalized spacial score (nSPS) is 15.6. The van der Waals surface area contributed by atoms with E-state index >= 15 is 0 Å². The fourth-order valence-electron chi connectivity index (χ4n) is 2.88. The van der Waals surface area contributed by atoms with Crippen molar-refractivity contribution in [1.29, 1.82) is 0 Å². The molecule has 3 nitrogen and oxygen atoms in total. The standard InChI is InChI=1S/C12H11F3N2.C6H11Cl2N.Pt/c1-16-6-7-17(9-16)8-10-2-4-11(5-3-10)12(13,14)15;7-9(8)6-4-2-1-3-5-6;/h2-7H,8H2,1H3;6H,1-5H2;. The van der Waals surface area contributed by atoms with Crippen LogP contribution in [0.5, 0.6) is 0 Å². The Balaban J connectivity index is 0.000000244. The fourth-order valence-corrected chi connectivity index (χ4v) is 3.79. The summed E-state index contributed by atoms with van der Waals surface area (Å²) < 4.78 is 43.5. The number of hydrogen-bond acceptors (Lipinski definition) is 1. The summed E-state index contributed by atoms with van der Waals surface area (Å²) in [5, 5.41) is 0. The van der Waals surface area contributed by atoms with Crippen LogP contribution in [0.4, 0.5) is 13.2 Å². The first-order valence-corrected chi connectivity index (χ1v) is 10.4. The fraction of sp³-hybridized carbons (Fsp3) is 0.500. The molecule has 0 unspecified atom stereocenters. The molecule has 1 aliphatic rings. The topological polar surface area (TPSA) is 13.1 Å². The van der Waals surface area contributed by atoms with Gasteiger partial charge in [-0.05, 0) is 36.4 Å². The number of alkyl halides is 3. The Labute approximate surface area is 178 Å². The van der Waals surface area contributed by atoms with Crippen molar-refractivity contribution in [2.45, 2.75) is 50.9 Å². The van der Waals surface area contributed by atoms with Gasteiger partial charge in [0.25, 0.3) is 0 Å². The summed E-state index contributed by atoms with van der Waals surface area (Å²) in [6, 6.07) is 5.68. The van der Waals surface area contributed by atoms with Crippen molar-refractivity contribution in [3.63, 3.8) is 0 Å². The molecule has 0 aliphatic heterocycles. The van der Waals surface area contributed by atoms with Gasteiger partial charge in [0, 0.05) is 6.04 Å². The van der Waals surface area contributed by atoms with Gasteiger partial charge in [-0.3, -0.25) is 0 Å². The second kappa shape index (κ2) is 10.3. The Morgan fingerprint density at radius 1 is 1.07 bits per heavy atom. The molecule has 0 amide bonds. The average Bonchev–Trinajstić information content (AvgIpc) is 2.95. The van der Waals surface area contributed by atoms with Crippen molar-refractivity contribution < 1.29 is 32.5 Å². The molecule has 0 bridgehead atoms. The third-order valence-corrected chi connectivity index (χ3v) is 6.45. The first-order chi connectivity index (χ1) is 12.7. The summed E-state index contributed by atoms with van der Waals surface area (Å²) in [7, 11) is 1.92. The van der Waals surface area contributed by atoms with Gasteiger partial charge in [-0.15, -0.1) is 3.94 Å². The molecule has 154 valence electrons. The number of rotatable bonds is 3. The van der Waals surface area contributed by atoms with Crippen LogP contribution in [-0.4, -0.2) is 19.1 Å². The minimum absolute atomic E-state index is 0.419. The molecule has 0 saturated heterocycles. The second-order valence-corrected chi connectivity index (χ2v) is 8.44. The van der Waals surface area contributed by atoms with Crippen LogP contribution in [0.3, 0.4) is 0 Å². The molecule has 1 aliphatic carbocycles. The number of aryl methyl sites for hydroxylation is 1. The average molecular weight is 603 g/mol. The van der Waals surface area contributed by atoms with E-state index in [9.17, 15) is 13.2 Å². The predicted molar refractivity (Wildman–Crippen MR) is 97.6 cm³/mol. The Morgan fingerprint density at radius 3 is 2.07 bits per heavy atom. The summed E-state index contributed by atoms with van der Waals surface area (Å²) in [5.74, 6) is 0. The van der Waals surface area contributed by atoms with E-state index < -0.39 is 11.7 Å². The molecule has 0 atom stereocenters.